The van der Waals surface area contributed by atoms with Gasteiger partial charge in [-0.1, -0.05) is 15.9 Å². The Morgan fingerprint density at radius 1 is 1.40 bits per heavy atom. The molecule has 0 bridgehead atoms. The van der Waals surface area contributed by atoms with Gasteiger partial charge in [-0.2, -0.15) is 0 Å². The fourth-order valence-corrected chi connectivity index (χ4v) is 2.03. The third-order valence-electron chi connectivity index (χ3n) is 2.71. The molecule has 2 rings (SSSR count). The Bertz CT molecular complexity index is 336. The molecule has 0 saturated heterocycles. The second kappa shape index (κ2) is 5.08. The van der Waals surface area contributed by atoms with Crippen LogP contribution in [0.25, 0.3) is 0 Å². The van der Waals surface area contributed by atoms with Gasteiger partial charge in [0.1, 0.15) is 5.82 Å². The first-order valence-corrected chi connectivity index (χ1v) is 6.19. The third kappa shape index (κ3) is 3.58. The van der Waals surface area contributed by atoms with Crippen molar-refractivity contribution in [2.24, 2.45) is 5.92 Å². The summed E-state index contributed by atoms with van der Waals surface area (Å²) in [6.07, 6.45) is 3.62. The van der Waals surface area contributed by atoms with E-state index in [0.717, 1.165) is 35.5 Å². The van der Waals surface area contributed by atoms with Crippen LogP contribution in [0.1, 0.15) is 18.4 Å². The zero-order valence-electron chi connectivity index (χ0n) is 8.60. The lowest BCUT2D eigenvalue weighted by Crippen LogP contribution is -2.19. The van der Waals surface area contributed by atoms with Crippen molar-refractivity contribution in [2.75, 3.05) is 13.1 Å². The number of nitrogens with one attached hydrogen (secondary N) is 1. The Labute approximate surface area is 98.2 Å². The van der Waals surface area contributed by atoms with E-state index in [1.54, 1.807) is 12.1 Å². The van der Waals surface area contributed by atoms with Crippen molar-refractivity contribution >= 4 is 15.9 Å². The lowest BCUT2D eigenvalue weighted by Gasteiger charge is -2.06. The molecule has 1 aliphatic rings. The largest absolute Gasteiger partial charge is 0.316 e. The number of hydrogen-bond acceptors (Lipinski definition) is 1. The van der Waals surface area contributed by atoms with Crippen molar-refractivity contribution in [3.63, 3.8) is 0 Å². The molecule has 0 amide bonds. The summed E-state index contributed by atoms with van der Waals surface area (Å²) in [6.45, 7) is 2.05. The molecular weight excluding hydrogens is 257 g/mol. The van der Waals surface area contributed by atoms with E-state index in [9.17, 15) is 4.39 Å². The second-order valence-corrected chi connectivity index (χ2v) is 4.99. The molecule has 1 saturated carbocycles. The number of benzene rings is 1. The topological polar surface area (TPSA) is 12.0 Å². The molecule has 0 aromatic heterocycles. The molecule has 1 fully saturated rings. The van der Waals surface area contributed by atoms with Gasteiger partial charge in [0.15, 0.2) is 0 Å². The standard InChI is InChI=1S/C12H15BrFN/c13-12-4-3-11(14)7-10(12)5-6-15-8-9-1-2-9/h3-4,7,9,15H,1-2,5-6,8H2. The molecule has 15 heavy (non-hydrogen) atoms. The highest BCUT2D eigenvalue weighted by Gasteiger charge is 2.19. The van der Waals surface area contributed by atoms with Gasteiger partial charge >= 0.3 is 0 Å². The first-order chi connectivity index (χ1) is 7.25. The number of rotatable bonds is 5. The van der Waals surface area contributed by atoms with Crippen molar-refractivity contribution in [3.8, 4) is 0 Å². The lowest BCUT2D eigenvalue weighted by atomic mass is 10.1. The van der Waals surface area contributed by atoms with Gasteiger partial charge in [-0.15, -0.1) is 0 Å². The minimum atomic E-state index is -0.157. The maximum Gasteiger partial charge on any atom is 0.123 e. The van der Waals surface area contributed by atoms with Gasteiger partial charge in [0.05, 0.1) is 0 Å². The first kappa shape index (κ1) is 11.1. The summed E-state index contributed by atoms with van der Waals surface area (Å²) < 4.78 is 14.0. The van der Waals surface area contributed by atoms with Gasteiger partial charge in [0.25, 0.3) is 0 Å². The zero-order chi connectivity index (χ0) is 10.7. The summed E-state index contributed by atoms with van der Waals surface area (Å²) in [7, 11) is 0. The normalized spacial score (nSPS) is 15.6. The van der Waals surface area contributed by atoms with Crippen LogP contribution in [0, 0.1) is 11.7 Å². The van der Waals surface area contributed by atoms with E-state index in [1.165, 1.54) is 18.9 Å². The number of halogens is 2. The molecule has 0 spiro atoms. The molecule has 0 aliphatic heterocycles. The molecule has 0 unspecified atom stereocenters. The summed E-state index contributed by atoms with van der Waals surface area (Å²) in [5, 5.41) is 3.40. The second-order valence-electron chi connectivity index (χ2n) is 4.13. The van der Waals surface area contributed by atoms with Crippen molar-refractivity contribution in [1.29, 1.82) is 0 Å². The van der Waals surface area contributed by atoms with Crippen LogP contribution in [0.3, 0.4) is 0 Å². The summed E-state index contributed by atoms with van der Waals surface area (Å²) in [6, 6.07) is 4.85. The molecule has 82 valence electrons. The molecule has 0 heterocycles. The summed E-state index contributed by atoms with van der Waals surface area (Å²) in [5.41, 5.74) is 1.04. The summed E-state index contributed by atoms with van der Waals surface area (Å²) in [5.74, 6) is 0.747. The van der Waals surface area contributed by atoms with Crippen LogP contribution in [0.2, 0.25) is 0 Å². The van der Waals surface area contributed by atoms with Crippen LogP contribution in [0.5, 0.6) is 0 Å². The van der Waals surface area contributed by atoms with Gasteiger partial charge in [0.2, 0.25) is 0 Å². The predicted molar refractivity (Wildman–Crippen MR) is 63.4 cm³/mol. The quantitative estimate of drug-likeness (QED) is 0.812. The maximum absolute atomic E-state index is 13.0. The van der Waals surface area contributed by atoms with E-state index in [4.69, 9.17) is 0 Å². The Morgan fingerprint density at radius 3 is 2.93 bits per heavy atom. The van der Waals surface area contributed by atoms with Crippen LogP contribution in [0.4, 0.5) is 4.39 Å². The minimum absolute atomic E-state index is 0.157. The van der Waals surface area contributed by atoms with Crippen LogP contribution in [-0.2, 0) is 6.42 Å². The number of hydrogen-bond donors (Lipinski definition) is 1. The molecule has 1 nitrogen and oxygen atoms in total. The van der Waals surface area contributed by atoms with Crippen molar-refractivity contribution in [2.45, 2.75) is 19.3 Å². The summed E-state index contributed by atoms with van der Waals surface area (Å²) >= 11 is 3.43. The van der Waals surface area contributed by atoms with Crippen molar-refractivity contribution in [1.82, 2.24) is 5.32 Å². The lowest BCUT2D eigenvalue weighted by molar-refractivity contribution is 0.617. The van der Waals surface area contributed by atoms with Crippen molar-refractivity contribution in [3.05, 3.63) is 34.1 Å². The van der Waals surface area contributed by atoms with E-state index in [2.05, 4.69) is 21.2 Å². The van der Waals surface area contributed by atoms with Crippen LogP contribution >= 0.6 is 15.9 Å². The molecule has 1 aromatic rings. The van der Waals surface area contributed by atoms with E-state index >= 15 is 0 Å². The molecule has 1 N–H and O–H groups in total. The van der Waals surface area contributed by atoms with Gasteiger partial charge in [0, 0.05) is 4.47 Å². The molecule has 1 aliphatic carbocycles. The van der Waals surface area contributed by atoms with Gasteiger partial charge in [-0.05, 0) is 62.0 Å². The Kier molecular flexibility index (Phi) is 3.76. The predicted octanol–water partition coefficient (Wildman–Crippen LogP) is 3.13. The summed E-state index contributed by atoms with van der Waals surface area (Å²) in [4.78, 5) is 0. The average Bonchev–Trinajstić information content (AvgIpc) is 3.01. The van der Waals surface area contributed by atoms with E-state index < -0.39 is 0 Å². The minimum Gasteiger partial charge on any atom is -0.316 e. The van der Waals surface area contributed by atoms with E-state index in [0.29, 0.717) is 0 Å². The fraction of sp³-hybridized carbons (Fsp3) is 0.500. The van der Waals surface area contributed by atoms with E-state index in [-0.39, 0.29) is 5.82 Å². The van der Waals surface area contributed by atoms with Crippen LogP contribution in [0.15, 0.2) is 22.7 Å². The third-order valence-corrected chi connectivity index (χ3v) is 3.48. The highest BCUT2D eigenvalue weighted by molar-refractivity contribution is 9.10. The highest BCUT2D eigenvalue weighted by Crippen LogP contribution is 2.27. The van der Waals surface area contributed by atoms with Crippen LogP contribution < -0.4 is 5.32 Å². The van der Waals surface area contributed by atoms with Gasteiger partial charge < -0.3 is 5.32 Å². The Hall–Kier alpha value is -0.410. The SMILES string of the molecule is Fc1ccc(Br)c(CCNCC2CC2)c1. The molecular formula is C12H15BrFN. The molecule has 3 heteroatoms. The Balaban J connectivity index is 1.78. The van der Waals surface area contributed by atoms with E-state index in [1.807, 2.05) is 0 Å². The highest BCUT2D eigenvalue weighted by atomic mass is 79.9. The van der Waals surface area contributed by atoms with Crippen LogP contribution in [-0.4, -0.2) is 13.1 Å². The van der Waals surface area contributed by atoms with Gasteiger partial charge in [-0.3, -0.25) is 0 Å². The first-order valence-electron chi connectivity index (χ1n) is 5.40. The maximum atomic E-state index is 13.0. The smallest absolute Gasteiger partial charge is 0.123 e. The molecule has 1 aromatic carbocycles. The van der Waals surface area contributed by atoms with Crippen molar-refractivity contribution < 1.29 is 4.39 Å². The Morgan fingerprint density at radius 2 is 2.20 bits per heavy atom. The monoisotopic (exact) mass is 271 g/mol. The molecule has 0 radical (unpaired) electrons. The van der Waals surface area contributed by atoms with Gasteiger partial charge in [-0.25, -0.2) is 4.39 Å². The average molecular weight is 272 g/mol. The fourth-order valence-electron chi connectivity index (χ4n) is 1.59. The zero-order valence-corrected chi connectivity index (χ0v) is 10.2. The molecule has 0 atom stereocenters.